The topological polar surface area (TPSA) is 122 Å². The Balaban J connectivity index is 2.57. The number of esters is 1. The summed E-state index contributed by atoms with van der Waals surface area (Å²) in [7, 11) is 1.17. The van der Waals surface area contributed by atoms with Crippen LogP contribution in [0.4, 0.5) is 4.79 Å². The van der Waals surface area contributed by atoms with Gasteiger partial charge in [-0.15, -0.1) is 0 Å². The SMILES string of the molecule is COC(=O)C(CO)NC(=O)C1CCCN(C(N)=O)C1. The number of likely N-dealkylation sites (tertiary alicyclic amines) is 1. The number of carbonyl (C=O) groups excluding carboxylic acids is 3. The van der Waals surface area contributed by atoms with Crippen LogP contribution in [0.15, 0.2) is 0 Å². The van der Waals surface area contributed by atoms with E-state index in [-0.39, 0.29) is 6.54 Å². The molecule has 4 N–H and O–H groups in total. The lowest BCUT2D eigenvalue weighted by molar-refractivity contribution is -0.147. The highest BCUT2D eigenvalue weighted by molar-refractivity contribution is 5.86. The van der Waals surface area contributed by atoms with Gasteiger partial charge in [-0.05, 0) is 12.8 Å². The van der Waals surface area contributed by atoms with Crippen molar-refractivity contribution in [1.29, 1.82) is 0 Å². The Morgan fingerprint density at radius 3 is 2.74 bits per heavy atom. The van der Waals surface area contributed by atoms with E-state index in [9.17, 15) is 14.4 Å². The highest BCUT2D eigenvalue weighted by atomic mass is 16.5. The summed E-state index contributed by atoms with van der Waals surface area (Å²) in [4.78, 5) is 35.6. The number of nitrogens with one attached hydrogen (secondary N) is 1. The summed E-state index contributed by atoms with van der Waals surface area (Å²) in [6, 6.07) is -1.65. The second-order valence-electron chi connectivity index (χ2n) is 4.39. The number of hydrogen-bond donors (Lipinski definition) is 3. The number of nitrogens with two attached hydrogens (primary N) is 1. The first-order valence-electron chi connectivity index (χ1n) is 6.03. The van der Waals surface area contributed by atoms with E-state index in [2.05, 4.69) is 10.1 Å². The molecule has 0 aliphatic carbocycles. The highest BCUT2D eigenvalue weighted by Crippen LogP contribution is 2.16. The van der Waals surface area contributed by atoms with Gasteiger partial charge < -0.3 is 25.8 Å². The second kappa shape index (κ2) is 6.93. The molecule has 0 aromatic rings. The summed E-state index contributed by atoms with van der Waals surface area (Å²) in [6.45, 7) is 0.213. The quantitative estimate of drug-likeness (QED) is 0.534. The van der Waals surface area contributed by atoms with Gasteiger partial charge in [0.1, 0.15) is 0 Å². The zero-order chi connectivity index (χ0) is 14.4. The Labute approximate surface area is 110 Å². The Morgan fingerprint density at radius 1 is 1.53 bits per heavy atom. The zero-order valence-corrected chi connectivity index (χ0v) is 10.8. The van der Waals surface area contributed by atoms with Crippen LogP contribution < -0.4 is 11.1 Å². The molecule has 8 heteroatoms. The molecule has 1 rings (SSSR count). The molecule has 0 saturated carbocycles. The van der Waals surface area contributed by atoms with Crippen molar-refractivity contribution in [2.24, 2.45) is 11.7 Å². The average Bonchev–Trinajstić information content (AvgIpc) is 2.43. The normalized spacial score (nSPS) is 20.5. The van der Waals surface area contributed by atoms with Crippen molar-refractivity contribution in [3.8, 4) is 0 Å². The number of amides is 3. The molecular formula is C11H19N3O5. The van der Waals surface area contributed by atoms with Gasteiger partial charge in [0.2, 0.25) is 5.91 Å². The molecule has 2 atom stereocenters. The Bertz CT molecular complexity index is 360. The fourth-order valence-electron chi connectivity index (χ4n) is 2.00. The van der Waals surface area contributed by atoms with E-state index in [1.807, 2.05) is 0 Å². The maximum atomic E-state index is 11.9. The number of aliphatic hydroxyl groups is 1. The number of aliphatic hydroxyl groups excluding tert-OH is 1. The minimum atomic E-state index is -1.08. The number of piperidine rings is 1. The number of hydrogen-bond acceptors (Lipinski definition) is 5. The van der Waals surface area contributed by atoms with Crippen molar-refractivity contribution in [1.82, 2.24) is 10.2 Å². The van der Waals surface area contributed by atoms with Gasteiger partial charge >= 0.3 is 12.0 Å². The summed E-state index contributed by atoms with van der Waals surface area (Å²) in [5.41, 5.74) is 5.17. The van der Waals surface area contributed by atoms with Crippen LogP contribution in [0.25, 0.3) is 0 Å². The van der Waals surface area contributed by atoms with Gasteiger partial charge in [-0.2, -0.15) is 0 Å². The predicted molar refractivity (Wildman–Crippen MR) is 64.9 cm³/mol. The van der Waals surface area contributed by atoms with Crippen molar-refractivity contribution in [3.63, 3.8) is 0 Å². The minimum Gasteiger partial charge on any atom is -0.467 e. The van der Waals surface area contributed by atoms with E-state index in [1.54, 1.807) is 0 Å². The zero-order valence-electron chi connectivity index (χ0n) is 10.8. The largest absolute Gasteiger partial charge is 0.467 e. The van der Waals surface area contributed by atoms with E-state index < -0.39 is 36.5 Å². The molecule has 1 fully saturated rings. The van der Waals surface area contributed by atoms with Gasteiger partial charge in [-0.25, -0.2) is 9.59 Å². The smallest absolute Gasteiger partial charge is 0.330 e. The third-order valence-corrected chi connectivity index (χ3v) is 3.09. The van der Waals surface area contributed by atoms with Gasteiger partial charge in [-0.3, -0.25) is 4.79 Å². The lowest BCUT2D eigenvalue weighted by atomic mass is 9.97. The first-order valence-corrected chi connectivity index (χ1v) is 6.03. The standard InChI is InChI=1S/C11H19N3O5/c1-19-10(17)8(6-15)13-9(16)7-3-2-4-14(5-7)11(12)18/h7-8,15H,2-6H2,1H3,(H2,12,18)(H,13,16). The van der Waals surface area contributed by atoms with Crippen LogP contribution in [0, 0.1) is 5.92 Å². The molecule has 2 unspecified atom stereocenters. The van der Waals surface area contributed by atoms with Gasteiger partial charge in [0.25, 0.3) is 0 Å². The molecule has 0 radical (unpaired) electrons. The fraction of sp³-hybridized carbons (Fsp3) is 0.727. The van der Waals surface area contributed by atoms with Crippen LogP contribution in [-0.4, -0.2) is 60.8 Å². The van der Waals surface area contributed by atoms with E-state index in [1.165, 1.54) is 12.0 Å². The molecule has 1 aliphatic rings. The maximum Gasteiger partial charge on any atom is 0.330 e. The molecule has 0 spiro atoms. The fourth-order valence-corrected chi connectivity index (χ4v) is 2.00. The summed E-state index contributed by atoms with van der Waals surface area (Å²) in [5, 5.41) is 11.4. The van der Waals surface area contributed by atoms with Crippen LogP contribution in [0.3, 0.4) is 0 Å². The van der Waals surface area contributed by atoms with Crippen LogP contribution in [0.1, 0.15) is 12.8 Å². The van der Waals surface area contributed by atoms with Crippen LogP contribution in [-0.2, 0) is 14.3 Å². The summed E-state index contributed by atoms with van der Waals surface area (Å²) < 4.78 is 4.45. The van der Waals surface area contributed by atoms with E-state index >= 15 is 0 Å². The maximum absolute atomic E-state index is 11.9. The first-order chi connectivity index (χ1) is 8.99. The lowest BCUT2D eigenvalue weighted by Gasteiger charge is -2.31. The third kappa shape index (κ3) is 4.09. The number of nitrogens with zero attached hydrogens (tertiary/aromatic N) is 1. The number of carbonyl (C=O) groups is 3. The van der Waals surface area contributed by atoms with Crippen LogP contribution in [0.2, 0.25) is 0 Å². The summed E-state index contributed by atoms with van der Waals surface area (Å²) >= 11 is 0. The molecule has 108 valence electrons. The van der Waals surface area contributed by atoms with Crippen molar-refractivity contribution >= 4 is 17.9 Å². The molecule has 8 nitrogen and oxygen atoms in total. The molecular weight excluding hydrogens is 254 g/mol. The van der Waals surface area contributed by atoms with E-state index in [4.69, 9.17) is 10.8 Å². The van der Waals surface area contributed by atoms with Gasteiger partial charge in [-0.1, -0.05) is 0 Å². The number of primary amides is 1. The second-order valence-corrected chi connectivity index (χ2v) is 4.39. The number of rotatable bonds is 4. The van der Waals surface area contributed by atoms with Gasteiger partial charge in [0, 0.05) is 13.1 Å². The van der Waals surface area contributed by atoms with Gasteiger partial charge in [0.05, 0.1) is 19.6 Å². The molecule has 0 bridgehead atoms. The minimum absolute atomic E-state index is 0.223. The highest BCUT2D eigenvalue weighted by Gasteiger charge is 2.30. The third-order valence-electron chi connectivity index (χ3n) is 3.09. The number of methoxy groups -OCH3 is 1. The molecule has 1 saturated heterocycles. The predicted octanol–water partition coefficient (Wildman–Crippen LogP) is -1.57. The first kappa shape index (κ1) is 15.2. The van der Waals surface area contributed by atoms with E-state index in [0.29, 0.717) is 19.4 Å². The van der Waals surface area contributed by atoms with Crippen LogP contribution in [0.5, 0.6) is 0 Å². The van der Waals surface area contributed by atoms with Crippen molar-refractivity contribution in [2.75, 3.05) is 26.8 Å². The Morgan fingerprint density at radius 2 is 2.21 bits per heavy atom. The molecule has 1 heterocycles. The molecule has 19 heavy (non-hydrogen) atoms. The van der Waals surface area contributed by atoms with Crippen molar-refractivity contribution in [3.05, 3.63) is 0 Å². The number of ether oxygens (including phenoxy) is 1. The Hall–Kier alpha value is -1.83. The van der Waals surface area contributed by atoms with Crippen molar-refractivity contribution < 1.29 is 24.2 Å². The summed E-state index contributed by atoms with van der Waals surface area (Å²) in [6.07, 6.45) is 1.28. The van der Waals surface area contributed by atoms with E-state index in [0.717, 1.165) is 0 Å². The molecule has 1 aliphatic heterocycles. The van der Waals surface area contributed by atoms with Crippen LogP contribution >= 0.6 is 0 Å². The molecule has 0 aromatic carbocycles. The molecule has 0 aromatic heterocycles. The van der Waals surface area contributed by atoms with Crippen molar-refractivity contribution in [2.45, 2.75) is 18.9 Å². The average molecular weight is 273 g/mol. The van der Waals surface area contributed by atoms with Gasteiger partial charge in [0.15, 0.2) is 6.04 Å². The molecule has 3 amide bonds. The Kier molecular flexibility index (Phi) is 5.56. The lowest BCUT2D eigenvalue weighted by Crippen LogP contribution is -2.51. The summed E-state index contributed by atoms with van der Waals surface area (Å²) in [5.74, 6) is -1.53. The monoisotopic (exact) mass is 273 g/mol. The number of urea groups is 1.